The number of rotatable bonds is 3. The van der Waals surface area contributed by atoms with Gasteiger partial charge in [0.1, 0.15) is 11.4 Å². The Hall–Kier alpha value is -1.16. The maximum atomic E-state index is 5.40. The van der Waals surface area contributed by atoms with E-state index in [1.165, 1.54) is 25.7 Å². The third-order valence-corrected chi connectivity index (χ3v) is 4.87. The molecule has 18 heavy (non-hydrogen) atoms. The molecule has 3 nitrogen and oxygen atoms in total. The fourth-order valence-corrected chi connectivity index (χ4v) is 3.39. The Labute approximate surface area is 111 Å². The third-order valence-electron chi connectivity index (χ3n) is 3.73. The van der Waals surface area contributed by atoms with Crippen molar-refractivity contribution in [2.24, 2.45) is 0 Å². The lowest BCUT2D eigenvalue weighted by molar-refractivity contribution is 0.472. The highest BCUT2D eigenvalue weighted by Crippen LogP contribution is 2.30. The maximum Gasteiger partial charge on any atom is 0.139 e. The molecule has 1 aliphatic carbocycles. The van der Waals surface area contributed by atoms with Gasteiger partial charge in [0.05, 0.1) is 11.6 Å². The fourth-order valence-electron chi connectivity index (χ4n) is 2.65. The predicted octanol–water partition coefficient (Wildman–Crippen LogP) is 3.91. The van der Waals surface area contributed by atoms with E-state index in [0.717, 1.165) is 22.0 Å². The molecule has 0 aliphatic heterocycles. The SMILES string of the molecule is CSC1CCC(Nc2nccc3occc23)CC1. The molecule has 0 radical (unpaired) electrons. The summed E-state index contributed by atoms with van der Waals surface area (Å²) in [5, 5.41) is 5.51. The number of pyridine rings is 1. The molecule has 0 atom stereocenters. The van der Waals surface area contributed by atoms with Gasteiger partial charge < -0.3 is 9.73 Å². The lowest BCUT2D eigenvalue weighted by atomic mass is 9.95. The summed E-state index contributed by atoms with van der Waals surface area (Å²) < 4.78 is 5.40. The highest BCUT2D eigenvalue weighted by atomic mass is 32.2. The van der Waals surface area contributed by atoms with Crippen molar-refractivity contribution in [3.05, 3.63) is 24.6 Å². The second kappa shape index (κ2) is 5.22. The second-order valence-electron chi connectivity index (χ2n) is 4.85. The van der Waals surface area contributed by atoms with Gasteiger partial charge in [-0.25, -0.2) is 4.98 Å². The number of nitrogens with one attached hydrogen (secondary N) is 1. The summed E-state index contributed by atoms with van der Waals surface area (Å²) in [7, 11) is 0. The number of furan rings is 1. The predicted molar refractivity (Wildman–Crippen MR) is 77.2 cm³/mol. The summed E-state index contributed by atoms with van der Waals surface area (Å²) in [5.74, 6) is 0.967. The molecule has 0 saturated heterocycles. The van der Waals surface area contributed by atoms with Gasteiger partial charge in [-0.15, -0.1) is 0 Å². The molecule has 0 unspecified atom stereocenters. The molecular weight excluding hydrogens is 244 g/mol. The van der Waals surface area contributed by atoms with E-state index in [9.17, 15) is 0 Å². The molecule has 1 aliphatic rings. The van der Waals surface area contributed by atoms with Gasteiger partial charge >= 0.3 is 0 Å². The van der Waals surface area contributed by atoms with E-state index in [1.54, 1.807) is 6.26 Å². The number of anilines is 1. The summed E-state index contributed by atoms with van der Waals surface area (Å²) in [5.41, 5.74) is 0.908. The van der Waals surface area contributed by atoms with Gasteiger partial charge in [0.2, 0.25) is 0 Å². The van der Waals surface area contributed by atoms with Crippen LogP contribution in [0.4, 0.5) is 5.82 Å². The number of fused-ring (bicyclic) bond motifs is 1. The van der Waals surface area contributed by atoms with Crippen molar-refractivity contribution >= 4 is 28.5 Å². The van der Waals surface area contributed by atoms with Crippen LogP contribution < -0.4 is 5.32 Å². The van der Waals surface area contributed by atoms with Crippen LogP contribution in [0.25, 0.3) is 11.0 Å². The molecule has 2 aromatic heterocycles. The monoisotopic (exact) mass is 262 g/mol. The third kappa shape index (κ3) is 2.34. The Morgan fingerprint density at radius 1 is 1.28 bits per heavy atom. The minimum Gasteiger partial charge on any atom is -0.464 e. The molecule has 4 heteroatoms. The van der Waals surface area contributed by atoms with Crippen LogP contribution in [0.1, 0.15) is 25.7 Å². The first-order valence-corrected chi connectivity index (χ1v) is 7.77. The zero-order chi connectivity index (χ0) is 12.4. The van der Waals surface area contributed by atoms with Crippen molar-refractivity contribution in [1.82, 2.24) is 4.98 Å². The summed E-state index contributed by atoms with van der Waals surface area (Å²) in [6.45, 7) is 0. The van der Waals surface area contributed by atoms with Crippen molar-refractivity contribution in [2.75, 3.05) is 11.6 Å². The number of thioether (sulfide) groups is 1. The van der Waals surface area contributed by atoms with Gasteiger partial charge in [-0.3, -0.25) is 0 Å². The van der Waals surface area contributed by atoms with Crippen LogP contribution >= 0.6 is 11.8 Å². The Kier molecular flexibility index (Phi) is 3.46. The normalized spacial score (nSPS) is 24.3. The van der Waals surface area contributed by atoms with Gasteiger partial charge in [0, 0.05) is 17.5 Å². The van der Waals surface area contributed by atoms with Crippen molar-refractivity contribution in [2.45, 2.75) is 37.0 Å². The van der Waals surface area contributed by atoms with E-state index in [0.29, 0.717) is 6.04 Å². The van der Waals surface area contributed by atoms with Crippen molar-refractivity contribution in [3.8, 4) is 0 Å². The van der Waals surface area contributed by atoms with E-state index >= 15 is 0 Å². The molecule has 3 rings (SSSR count). The van der Waals surface area contributed by atoms with Crippen LogP contribution in [-0.4, -0.2) is 22.5 Å². The maximum absolute atomic E-state index is 5.40. The minimum atomic E-state index is 0.557. The Morgan fingerprint density at radius 2 is 2.11 bits per heavy atom. The molecule has 0 spiro atoms. The number of nitrogens with zero attached hydrogens (tertiary/aromatic N) is 1. The molecule has 1 fully saturated rings. The van der Waals surface area contributed by atoms with E-state index in [2.05, 4.69) is 16.6 Å². The van der Waals surface area contributed by atoms with Crippen molar-refractivity contribution in [1.29, 1.82) is 0 Å². The van der Waals surface area contributed by atoms with E-state index in [4.69, 9.17) is 4.42 Å². The Morgan fingerprint density at radius 3 is 2.89 bits per heavy atom. The van der Waals surface area contributed by atoms with E-state index < -0.39 is 0 Å². The molecule has 1 saturated carbocycles. The van der Waals surface area contributed by atoms with Crippen LogP contribution in [0, 0.1) is 0 Å². The van der Waals surface area contributed by atoms with Gasteiger partial charge in [-0.05, 0) is 44.1 Å². The first kappa shape index (κ1) is 11.9. The molecular formula is C14H18N2OS. The molecule has 2 aromatic rings. The standard InChI is InChI=1S/C14H18N2OS/c1-18-11-4-2-10(3-5-11)16-14-12-7-9-17-13(12)6-8-15-14/h6-11H,2-5H2,1H3,(H,15,16). The fraction of sp³-hybridized carbons (Fsp3) is 0.500. The largest absolute Gasteiger partial charge is 0.464 e. The molecule has 0 bridgehead atoms. The average Bonchev–Trinajstić information content (AvgIpc) is 2.89. The zero-order valence-corrected chi connectivity index (χ0v) is 11.4. The van der Waals surface area contributed by atoms with Crippen LogP contribution in [0.2, 0.25) is 0 Å². The van der Waals surface area contributed by atoms with Crippen LogP contribution in [0.15, 0.2) is 29.0 Å². The average molecular weight is 262 g/mol. The summed E-state index contributed by atoms with van der Waals surface area (Å²) in [6, 6.07) is 4.45. The smallest absolute Gasteiger partial charge is 0.139 e. The Balaban J connectivity index is 1.71. The van der Waals surface area contributed by atoms with Gasteiger partial charge in [0.25, 0.3) is 0 Å². The van der Waals surface area contributed by atoms with Crippen LogP contribution in [0.3, 0.4) is 0 Å². The first-order chi connectivity index (χ1) is 8.86. The number of aromatic nitrogens is 1. The topological polar surface area (TPSA) is 38.1 Å². The first-order valence-electron chi connectivity index (χ1n) is 6.48. The van der Waals surface area contributed by atoms with E-state index in [1.807, 2.05) is 30.1 Å². The molecule has 0 aromatic carbocycles. The van der Waals surface area contributed by atoms with Gasteiger partial charge in [-0.2, -0.15) is 11.8 Å². The molecule has 0 amide bonds. The second-order valence-corrected chi connectivity index (χ2v) is 5.98. The molecule has 96 valence electrons. The van der Waals surface area contributed by atoms with Crippen molar-refractivity contribution < 1.29 is 4.42 Å². The summed E-state index contributed by atoms with van der Waals surface area (Å²) in [4.78, 5) is 4.44. The van der Waals surface area contributed by atoms with Crippen LogP contribution in [-0.2, 0) is 0 Å². The van der Waals surface area contributed by atoms with Gasteiger partial charge in [-0.1, -0.05) is 0 Å². The molecule has 2 heterocycles. The lowest BCUT2D eigenvalue weighted by Crippen LogP contribution is -2.27. The Bertz CT molecular complexity index is 517. The summed E-state index contributed by atoms with van der Waals surface area (Å²) in [6.07, 6.45) is 10.8. The number of hydrogen-bond donors (Lipinski definition) is 1. The summed E-state index contributed by atoms with van der Waals surface area (Å²) >= 11 is 2.00. The highest BCUT2D eigenvalue weighted by Gasteiger charge is 2.21. The molecule has 1 N–H and O–H groups in total. The van der Waals surface area contributed by atoms with Gasteiger partial charge in [0.15, 0.2) is 0 Å². The van der Waals surface area contributed by atoms with Crippen LogP contribution in [0.5, 0.6) is 0 Å². The zero-order valence-electron chi connectivity index (χ0n) is 10.6. The quantitative estimate of drug-likeness (QED) is 0.910. The van der Waals surface area contributed by atoms with Crippen molar-refractivity contribution in [3.63, 3.8) is 0 Å². The lowest BCUT2D eigenvalue weighted by Gasteiger charge is -2.28. The minimum absolute atomic E-state index is 0.557. The van der Waals surface area contributed by atoms with E-state index in [-0.39, 0.29) is 0 Å². The number of hydrogen-bond acceptors (Lipinski definition) is 4. The highest BCUT2D eigenvalue weighted by molar-refractivity contribution is 7.99.